The van der Waals surface area contributed by atoms with Crippen LogP contribution in [0, 0.1) is 6.92 Å². The Bertz CT molecular complexity index is 585. The fourth-order valence-electron chi connectivity index (χ4n) is 1.75. The van der Waals surface area contributed by atoms with Gasteiger partial charge in [0.25, 0.3) is 0 Å². The van der Waals surface area contributed by atoms with Crippen molar-refractivity contribution >= 4 is 21.5 Å². The number of sulfone groups is 1. The van der Waals surface area contributed by atoms with E-state index in [0.29, 0.717) is 5.69 Å². The Labute approximate surface area is 126 Å². The Balaban J connectivity index is 2.90. The summed E-state index contributed by atoms with van der Waals surface area (Å²) in [5.74, 6) is -1.05. The molecule has 0 radical (unpaired) electrons. The van der Waals surface area contributed by atoms with Gasteiger partial charge < -0.3 is 10.0 Å². The highest BCUT2D eigenvalue weighted by Gasteiger charge is 2.29. The highest BCUT2D eigenvalue weighted by molar-refractivity contribution is 7.92. The zero-order valence-corrected chi connectivity index (χ0v) is 13.8. The van der Waals surface area contributed by atoms with Crippen LogP contribution in [-0.2, 0) is 14.6 Å². The van der Waals surface area contributed by atoms with E-state index in [2.05, 4.69) is 0 Å². The van der Waals surface area contributed by atoms with Crippen LogP contribution >= 0.6 is 0 Å². The number of anilines is 1. The number of nitrogens with zero attached hydrogens (tertiary/aromatic N) is 1. The van der Waals surface area contributed by atoms with Gasteiger partial charge in [0.15, 0.2) is 9.84 Å². The van der Waals surface area contributed by atoms with Crippen LogP contribution < -0.4 is 4.90 Å². The number of aryl methyl sites for hydroxylation is 1. The molecule has 0 aromatic heterocycles. The first-order chi connectivity index (χ1) is 9.53. The molecule has 0 amide bonds. The van der Waals surface area contributed by atoms with Crippen molar-refractivity contribution in [2.45, 2.75) is 32.4 Å². The second-order valence-corrected chi connectivity index (χ2v) is 8.94. The molecule has 0 bridgehead atoms. The maximum Gasteiger partial charge on any atom is 0.323 e. The topological polar surface area (TPSA) is 74.7 Å². The summed E-state index contributed by atoms with van der Waals surface area (Å²) in [6.45, 7) is 6.83. The molecule has 6 heteroatoms. The largest absolute Gasteiger partial charge is 0.480 e. The number of hydrogen-bond donors (Lipinski definition) is 1. The molecular weight excluding hydrogens is 290 g/mol. The number of aliphatic carboxylic acids is 1. The van der Waals surface area contributed by atoms with Crippen molar-refractivity contribution in [1.82, 2.24) is 0 Å². The van der Waals surface area contributed by atoms with Crippen molar-refractivity contribution in [2.24, 2.45) is 0 Å². The summed E-state index contributed by atoms with van der Waals surface area (Å²) in [5, 5.41) is 9.00. The average Bonchev–Trinajstić information content (AvgIpc) is 2.34. The third-order valence-electron chi connectivity index (χ3n) is 3.29. The molecule has 0 aliphatic carbocycles. The van der Waals surface area contributed by atoms with Gasteiger partial charge in [-0.2, -0.15) is 0 Å². The third-order valence-corrected chi connectivity index (χ3v) is 5.87. The van der Waals surface area contributed by atoms with E-state index in [-0.39, 0.29) is 18.8 Å². The molecule has 0 unspecified atom stereocenters. The maximum absolute atomic E-state index is 12.2. The van der Waals surface area contributed by atoms with E-state index in [1.54, 1.807) is 25.7 Å². The quantitative estimate of drug-likeness (QED) is 0.870. The molecule has 0 atom stereocenters. The minimum Gasteiger partial charge on any atom is -0.480 e. The molecule has 0 aliphatic heterocycles. The van der Waals surface area contributed by atoms with Crippen molar-refractivity contribution in [3.63, 3.8) is 0 Å². The number of rotatable bonds is 6. The normalized spacial score (nSPS) is 12.2. The van der Waals surface area contributed by atoms with Crippen LogP contribution in [0.3, 0.4) is 0 Å². The standard InChI is InChI=1S/C15H23NO4S/c1-12-5-7-13(8-6-12)16(11-14(17)18)9-10-21(19,20)15(2,3)4/h5-8H,9-11H2,1-4H3,(H,17,18). The summed E-state index contributed by atoms with van der Waals surface area (Å²) in [6, 6.07) is 7.37. The Morgan fingerprint density at radius 2 is 1.71 bits per heavy atom. The smallest absolute Gasteiger partial charge is 0.323 e. The van der Waals surface area contributed by atoms with E-state index in [9.17, 15) is 13.2 Å². The number of carbonyl (C=O) groups is 1. The van der Waals surface area contributed by atoms with E-state index in [0.717, 1.165) is 5.56 Å². The van der Waals surface area contributed by atoms with E-state index in [1.807, 2.05) is 31.2 Å². The first kappa shape index (κ1) is 17.5. The first-order valence-corrected chi connectivity index (χ1v) is 8.44. The van der Waals surface area contributed by atoms with Crippen molar-refractivity contribution in [1.29, 1.82) is 0 Å². The van der Waals surface area contributed by atoms with E-state index in [4.69, 9.17) is 5.11 Å². The van der Waals surface area contributed by atoms with Crippen LogP contribution in [0.5, 0.6) is 0 Å². The Hall–Kier alpha value is -1.56. The van der Waals surface area contributed by atoms with Gasteiger partial charge in [0.05, 0.1) is 10.5 Å². The summed E-state index contributed by atoms with van der Waals surface area (Å²) in [6.07, 6.45) is 0. The molecule has 0 aliphatic rings. The summed E-state index contributed by atoms with van der Waals surface area (Å²) in [7, 11) is -3.28. The summed E-state index contributed by atoms with van der Waals surface area (Å²) >= 11 is 0. The number of carboxylic acid groups (broad SMARTS) is 1. The molecular formula is C15H23NO4S. The molecule has 0 fully saturated rings. The lowest BCUT2D eigenvalue weighted by Crippen LogP contribution is -2.38. The SMILES string of the molecule is Cc1ccc(N(CCS(=O)(=O)C(C)(C)C)CC(=O)O)cc1. The lowest BCUT2D eigenvalue weighted by atomic mass is 10.2. The van der Waals surface area contributed by atoms with Gasteiger partial charge in [0.2, 0.25) is 0 Å². The summed E-state index contributed by atoms with van der Waals surface area (Å²) < 4.78 is 23.5. The zero-order valence-electron chi connectivity index (χ0n) is 13.0. The Kier molecular flexibility index (Phi) is 5.39. The predicted octanol–water partition coefficient (Wildman–Crippen LogP) is 2.10. The maximum atomic E-state index is 12.2. The van der Waals surface area contributed by atoms with Crippen molar-refractivity contribution in [3.8, 4) is 0 Å². The van der Waals surface area contributed by atoms with Crippen molar-refractivity contribution < 1.29 is 18.3 Å². The Morgan fingerprint density at radius 1 is 1.19 bits per heavy atom. The lowest BCUT2D eigenvalue weighted by molar-refractivity contribution is -0.135. The van der Waals surface area contributed by atoms with Crippen LogP contribution in [0.15, 0.2) is 24.3 Å². The summed E-state index contributed by atoms with van der Waals surface area (Å²) in [4.78, 5) is 12.6. The molecule has 0 spiro atoms. The van der Waals surface area contributed by atoms with E-state index < -0.39 is 20.6 Å². The van der Waals surface area contributed by atoms with Crippen LogP contribution in [0.1, 0.15) is 26.3 Å². The monoisotopic (exact) mass is 313 g/mol. The van der Waals surface area contributed by atoms with Gasteiger partial charge in [0, 0.05) is 12.2 Å². The second kappa shape index (κ2) is 6.47. The highest BCUT2D eigenvalue weighted by atomic mass is 32.2. The lowest BCUT2D eigenvalue weighted by Gasteiger charge is -2.25. The molecule has 0 saturated carbocycles. The number of benzene rings is 1. The minimum atomic E-state index is -3.28. The van der Waals surface area contributed by atoms with Crippen LogP contribution in [0.2, 0.25) is 0 Å². The van der Waals surface area contributed by atoms with Crippen LogP contribution in [0.25, 0.3) is 0 Å². The fourth-order valence-corrected chi connectivity index (χ4v) is 2.83. The van der Waals surface area contributed by atoms with Gasteiger partial charge >= 0.3 is 5.97 Å². The molecule has 1 rings (SSSR count). The van der Waals surface area contributed by atoms with E-state index in [1.165, 1.54) is 0 Å². The molecule has 1 N–H and O–H groups in total. The molecule has 1 aromatic carbocycles. The van der Waals surface area contributed by atoms with Gasteiger partial charge in [-0.25, -0.2) is 8.42 Å². The van der Waals surface area contributed by atoms with Gasteiger partial charge in [-0.05, 0) is 39.8 Å². The number of hydrogen-bond acceptors (Lipinski definition) is 4. The van der Waals surface area contributed by atoms with Crippen molar-refractivity contribution in [2.75, 3.05) is 23.7 Å². The molecule has 1 aromatic rings. The molecule has 21 heavy (non-hydrogen) atoms. The van der Waals surface area contributed by atoms with Crippen LogP contribution in [-0.4, -0.2) is 43.1 Å². The first-order valence-electron chi connectivity index (χ1n) is 6.78. The predicted molar refractivity (Wildman–Crippen MR) is 84.6 cm³/mol. The van der Waals surface area contributed by atoms with Crippen LogP contribution in [0.4, 0.5) is 5.69 Å². The molecule has 118 valence electrons. The second-order valence-electron chi connectivity index (χ2n) is 6.08. The van der Waals surface area contributed by atoms with Gasteiger partial charge in [0.1, 0.15) is 6.54 Å². The summed E-state index contributed by atoms with van der Waals surface area (Å²) in [5.41, 5.74) is 1.78. The average molecular weight is 313 g/mol. The van der Waals surface area contributed by atoms with Gasteiger partial charge in [-0.3, -0.25) is 4.79 Å². The molecule has 0 heterocycles. The minimum absolute atomic E-state index is 0.0718. The zero-order chi connectivity index (χ0) is 16.3. The number of carboxylic acids is 1. The molecule has 5 nitrogen and oxygen atoms in total. The highest BCUT2D eigenvalue weighted by Crippen LogP contribution is 2.19. The molecule has 0 saturated heterocycles. The Morgan fingerprint density at radius 3 is 2.14 bits per heavy atom. The fraction of sp³-hybridized carbons (Fsp3) is 0.533. The van der Waals surface area contributed by atoms with Gasteiger partial charge in [-0.1, -0.05) is 17.7 Å². The van der Waals surface area contributed by atoms with Gasteiger partial charge in [-0.15, -0.1) is 0 Å². The van der Waals surface area contributed by atoms with Crippen molar-refractivity contribution in [3.05, 3.63) is 29.8 Å². The van der Waals surface area contributed by atoms with E-state index >= 15 is 0 Å². The third kappa shape index (κ3) is 5.04.